The van der Waals surface area contributed by atoms with Gasteiger partial charge in [0.25, 0.3) is 0 Å². The van der Waals surface area contributed by atoms with Crippen molar-refractivity contribution in [3.63, 3.8) is 0 Å². The van der Waals surface area contributed by atoms with Gasteiger partial charge in [0.2, 0.25) is 0 Å². The number of furan rings is 1. The summed E-state index contributed by atoms with van der Waals surface area (Å²) >= 11 is -4.77. The van der Waals surface area contributed by atoms with Crippen LogP contribution in [0.2, 0.25) is 49.2 Å². The molecule has 97 heavy (non-hydrogen) atoms. The van der Waals surface area contributed by atoms with Gasteiger partial charge >= 0.3 is 289 Å². The van der Waals surface area contributed by atoms with Crippen LogP contribution in [0.4, 0.5) is 0 Å². The second-order valence-corrected chi connectivity index (χ2v) is 53.6. The predicted molar refractivity (Wildman–Crippen MR) is 413 cm³/mol. The van der Waals surface area contributed by atoms with Crippen LogP contribution in [-0.2, 0) is 46.6 Å². The Morgan fingerprint density at radius 2 is 0.897 bits per heavy atom. The van der Waals surface area contributed by atoms with Crippen molar-refractivity contribution in [3.8, 4) is 45.0 Å². The fraction of sp³-hybridized carbons (Fsp3) is 0.140. The van der Waals surface area contributed by atoms with E-state index < -0.39 is 42.7 Å². The van der Waals surface area contributed by atoms with E-state index in [1.165, 1.54) is 43.9 Å². The smallest absolute Gasteiger partial charge is 0 e. The minimum atomic E-state index is -2.56. The third-order valence-electron chi connectivity index (χ3n) is 18.0. The van der Waals surface area contributed by atoms with Crippen molar-refractivity contribution in [2.45, 2.75) is 69.5 Å². The van der Waals surface area contributed by atoms with Gasteiger partial charge in [0.1, 0.15) is 21.7 Å². The van der Waals surface area contributed by atoms with Crippen LogP contribution in [-0.4, -0.2) is 62.6 Å². The number of pyridine rings is 4. The maximum atomic E-state index is 8.24. The van der Waals surface area contributed by atoms with E-state index in [-0.39, 0.29) is 64.4 Å². The molecule has 0 aliphatic carbocycles. The fourth-order valence-electron chi connectivity index (χ4n) is 11.9. The SMILES string of the molecule is C[Si](C)(c1ccccc1)c1ccc(-c2[c-]cc3oc4ccccc4c3c2)nc1.C[Si](C)(c1ccccc1)c1ccc(-c2[c-]cccc2)nc1.[2H]c1[c-]c(-c2cc(CC(C)C)[c]([Ge]([CH3])([CH3])[c]3ccccc3)cn2)c([2H])c([2H])c1[2H].[CH3][Ge]([CH3])([c]1ccccc1)[c]1ccc(-c2[c-]cccc2)nc1.[Ir].[Ir]. The van der Waals surface area contributed by atoms with Crippen LogP contribution in [0.3, 0.4) is 0 Å². The van der Waals surface area contributed by atoms with Gasteiger partial charge in [-0.05, 0) is 27.8 Å². The maximum Gasteiger partial charge on any atom is 0 e. The van der Waals surface area contributed by atoms with Crippen molar-refractivity contribution in [3.05, 3.63) is 328 Å². The number of benzene rings is 9. The van der Waals surface area contributed by atoms with Gasteiger partial charge in [0.05, 0.1) is 5.58 Å². The van der Waals surface area contributed by atoms with Gasteiger partial charge in [-0.15, -0.1) is 59.7 Å². The van der Waals surface area contributed by atoms with Gasteiger partial charge < -0.3 is 14.4 Å². The van der Waals surface area contributed by atoms with Crippen LogP contribution < -0.4 is 38.3 Å². The molecular weight excluding hydrogens is 1690 g/mol. The first-order chi connectivity index (χ1) is 47.6. The molecule has 0 atom stereocenters. The average molecular weight is 1780 g/mol. The average Bonchev–Trinajstić information content (AvgIpc) is 1.73. The number of hydrogen-bond acceptors (Lipinski definition) is 5. The summed E-state index contributed by atoms with van der Waals surface area (Å²) in [5, 5.41) is 7.77. The number of hydrogen-bond donors (Lipinski definition) is 0. The topological polar surface area (TPSA) is 64.7 Å². The zero-order valence-corrected chi connectivity index (χ0v) is 67.6. The van der Waals surface area contributed by atoms with Gasteiger partial charge in [0, 0.05) is 58.0 Å². The summed E-state index contributed by atoms with van der Waals surface area (Å²) in [5.41, 5.74) is 9.87. The second kappa shape index (κ2) is 33.6. The Morgan fingerprint density at radius 3 is 1.40 bits per heavy atom. The molecule has 11 heteroatoms. The third-order valence-corrected chi connectivity index (χ3v) is 39.9. The van der Waals surface area contributed by atoms with Crippen LogP contribution in [0.25, 0.3) is 67.0 Å². The molecule has 490 valence electrons. The molecule has 0 N–H and O–H groups in total. The molecule has 0 saturated carbocycles. The molecule has 2 radical (unpaired) electrons. The van der Waals surface area contributed by atoms with Crippen molar-refractivity contribution < 1.29 is 50.1 Å². The van der Waals surface area contributed by atoms with E-state index in [4.69, 9.17) is 14.9 Å². The Balaban J connectivity index is 0.000000157. The van der Waals surface area contributed by atoms with Gasteiger partial charge in [-0.3, -0.25) is 0 Å². The van der Waals surface area contributed by atoms with Crippen molar-refractivity contribution in [2.24, 2.45) is 5.92 Å². The molecule has 5 nitrogen and oxygen atoms in total. The van der Waals surface area contributed by atoms with Gasteiger partial charge in [0.15, 0.2) is 0 Å². The Hall–Kier alpha value is -7.80. The third kappa shape index (κ3) is 17.9. The number of para-hydroxylation sites is 1. The minimum Gasteiger partial charge on any atom is 0 e. The van der Waals surface area contributed by atoms with Crippen LogP contribution >= 0.6 is 0 Å². The van der Waals surface area contributed by atoms with Gasteiger partial charge in [-0.2, -0.15) is 0 Å². The molecule has 0 aliphatic rings. The maximum absolute atomic E-state index is 8.24. The first-order valence-corrected chi connectivity index (χ1v) is 51.1. The Labute approximate surface area is 615 Å². The Bertz CT molecular complexity index is 4860. The summed E-state index contributed by atoms with van der Waals surface area (Å²) in [6.45, 7) is 13.9. The summed E-state index contributed by atoms with van der Waals surface area (Å²) in [6, 6.07) is 97.9. The molecule has 5 heterocycles. The van der Waals surface area contributed by atoms with Crippen LogP contribution in [0.1, 0.15) is 24.9 Å². The molecule has 0 bridgehead atoms. The fourth-order valence-corrected chi connectivity index (χ4v) is 26.8. The molecule has 14 aromatic rings. The Kier molecular flexibility index (Phi) is 23.5. The summed E-state index contributed by atoms with van der Waals surface area (Å²) in [6.07, 6.45) is 8.98. The monoisotopic (exact) mass is 1780 g/mol. The van der Waals surface area contributed by atoms with Crippen LogP contribution in [0.5, 0.6) is 0 Å². The summed E-state index contributed by atoms with van der Waals surface area (Å²) in [5.74, 6) is 10.0. The quantitative estimate of drug-likeness (QED) is 0.0802. The molecule has 9 aromatic carbocycles. The van der Waals surface area contributed by atoms with Gasteiger partial charge in [-0.1, -0.05) is 145 Å². The molecule has 5 aromatic heterocycles. The van der Waals surface area contributed by atoms with Gasteiger partial charge in [-0.25, -0.2) is 0 Å². The van der Waals surface area contributed by atoms with Crippen molar-refractivity contribution in [1.29, 1.82) is 0 Å². The minimum absolute atomic E-state index is 0. The largest absolute Gasteiger partial charge is 0 e. The molecule has 0 unspecified atom stereocenters. The zero-order chi connectivity index (χ0) is 69.9. The number of rotatable bonds is 14. The summed E-state index contributed by atoms with van der Waals surface area (Å²) in [4.78, 5) is 18.7. The molecule has 0 aliphatic heterocycles. The Morgan fingerprint density at radius 1 is 0.412 bits per heavy atom. The first kappa shape index (κ1) is 67.8. The number of fused-ring (bicyclic) bond motifs is 3. The van der Waals surface area contributed by atoms with Crippen LogP contribution in [0, 0.1) is 30.2 Å². The molecule has 0 spiro atoms. The second-order valence-electron chi connectivity index (χ2n) is 26.4. The van der Waals surface area contributed by atoms with E-state index in [0.717, 1.165) is 62.1 Å². The molecule has 0 fully saturated rings. The normalized spacial score (nSPS) is 11.9. The standard InChI is InChI=1S/C25H20NOSi.C23H26GeN.C19H18GeN.C19H18NSi.2Ir/c1-28(2,19-8-4-3-5-9-19)20-13-14-23(26-17-20)18-12-15-25-22(16-18)21-10-6-7-11-24(21)27-25;1-18(2)15-20-16-23(19-11-7-5-8-12-19)25-17-22(20)24(3,4)21-13-9-6-10-14-21;1-20(2,17-11-7-4-8-12-17)18-13-14-19(21-15-18)16-9-5-3-6-10-16;1-21(2,17-11-7-4-8-12-17)18-13-14-19(20-15-18)16-9-5-3-6-10-16;;/h3-11,13-17H,1-2H3;5-11,13-14,16-18H,15H2,1-4H3;2*3-9,11-15H,1-2H3;;/q4*-1;;/i;5D,7D,8D,11D;;;;. The van der Waals surface area contributed by atoms with E-state index in [0.29, 0.717) is 17.2 Å². The molecule has 0 saturated heterocycles. The molecule has 14 rings (SSSR count). The van der Waals surface area contributed by atoms with Crippen LogP contribution in [0.15, 0.2) is 302 Å². The van der Waals surface area contributed by atoms with Crippen molar-refractivity contribution in [2.75, 3.05) is 0 Å². The summed E-state index contributed by atoms with van der Waals surface area (Å²) in [7, 11) is -3.39. The van der Waals surface area contributed by atoms with E-state index in [1.54, 1.807) is 0 Å². The van der Waals surface area contributed by atoms with Crippen molar-refractivity contribution >= 4 is 103 Å². The molecule has 0 amide bonds. The van der Waals surface area contributed by atoms with E-state index in [2.05, 4.69) is 272 Å². The molecular formula is C86H82Ge2Ir2N4OSi2-4. The zero-order valence-electron chi connectivity index (χ0n) is 60.6. The van der Waals surface area contributed by atoms with E-state index in [1.807, 2.05) is 104 Å². The first-order valence-electron chi connectivity index (χ1n) is 34.5. The number of nitrogens with zero attached hydrogens (tertiary/aromatic N) is 4. The van der Waals surface area contributed by atoms with E-state index >= 15 is 0 Å². The predicted octanol–water partition coefficient (Wildman–Crippen LogP) is 16.6. The van der Waals surface area contributed by atoms with E-state index in [9.17, 15) is 0 Å². The number of aromatic nitrogens is 4. The van der Waals surface area contributed by atoms with Crippen molar-refractivity contribution in [1.82, 2.24) is 19.9 Å². The summed E-state index contributed by atoms with van der Waals surface area (Å²) < 4.78 is 43.4.